The molecule has 0 radical (unpaired) electrons. The van der Waals surface area contributed by atoms with Gasteiger partial charge in [0.15, 0.2) is 17.3 Å². The lowest BCUT2D eigenvalue weighted by Gasteiger charge is -2.25. The van der Waals surface area contributed by atoms with Gasteiger partial charge in [0.1, 0.15) is 15.6 Å². The molecular weight excluding hydrogens is 414 g/mol. The number of thiazole rings is 1. The van der Waals surface area contributed by atoms with Gasteiger partial charge in [-0.1, -0.05) is 5.16 Å². The van der Waals surface area contributed by atoms with Crippen molar-refractivity contribution in [1.82, 2.24) is 14.4 Å². The summed E-state index contributed by atoms with van der Waals surface area (Å²) < 4.78 is 43.4. The first-order chi connectivity index (χ1) is 13.8. The van der Waals surface area contributed by atoms with E-state index in [-0.39, 0.29) is 11.4 Å². The maximum absolute atomic E-state index is 13.1. The van der Waals surface area contributed by atoms with Gasteiger partial charge in [0, 0.05) is 23.4 Å². The van der Waals surface area contributed by atoms with Crippen molar-refractivity contribution in [2.45, 2.75) is 31.7 Å². The lowest BCUT2D eigenvalue weighted by molar-refractivity contribution is 0.355. The molecule has 0 saturated carbocycles. The van der Waals surface area contributed by atoms with Crippen molar-refractivity contribution in [2.75, 3.05) is 20.8 Å². The Labute approximate surface area is 173 Å². The van der Waals surface area contributed by atoms with E-state index in [0.717, 1.165) is 21.1 Å². The quantitative estimate of drug-likeness (QED) is 0.607. The highest BCUT2D eigenvalue weighted by atomic mass is 32.2. The second kappa shape index (κ2) is 7.43. The van der Waals surface area contributed by atoms with E-state index >= 15 is 0 Å². The third-order valence-corrected chi connectivity index (χ3v) is 8.11. The van der Waals surface area contributed by atoms with E-state index < -0.39 is 10.0 Å². The van der Waals surface area contributed by atoms with E-state index in [1.165, 1.54) is 15.6 Å². The molecular formula is C19H21N3O5S2. The van der Waals surface area contributed by atoms with Crippen molar-refractivity contribution in [3.63, 3.8) is 0 Å². The molecule has 0 atom stereocenters. The summed E-state index contributed by atoms with van der Waals surface area (Å²) in [4.78, 5) is 5.84. The number of aryl methyl sites for hydroxylation is 2. The minimum atomic E-state index is -3.68. The third kappa shape index (κ3) is 3.41. The summed E-state index contributed by atoms with van der Waals surface area (Å²) >= 11 is 1.49. The molecule has 0 spiro atoms. The van der Waals surface area contributed by atoms with Crippen LogP contribution in [0.25, 0.3) is 10.6 Å². The van der Waals surface area contributed by atoms with Crippen molar-refractivity contribution in [3.8, 4) is 22.1 Å². The first kappa shape index (κ1) is 19.9. The summed E-state index contributed by atoms with van der Waals surface area (Å²) in [5, 5.41) is 4.61. The van der Waals surface area contributed by atoms with E-state index in [0.29, 0.717) is 35.9 Å². The van der Waals surface area contributed by atoms with E-state index in [9.17, 15) is 8.42 Å². The largest absolute Gasteiger partial charge is 0.493 e. The molecule has 1 aromatic carbocycles. The van der Waals surface area contributed by atoms with Crippen molar-refractivity contribution < 1.29 is 22.4 Å². The molecule has 1 aliphatic rings. The number of rotatable bonds is 5. The van der Waals surface area contributed by atoms with Gasteiger partial charge in [-0.3, -0.25) is 0 Å². The molecule has 4 rings (SSSR count). The van der Waals surface area contributed by atoms with Gasteiger partial charge < -0.3 is 14.0 Å². The molecule has 0 aliphatic carbocycles. The number of aromatic nitrogens is 2. The van der Waals surface area contributed by atoms with Crippen LogP contribution in [0, 0.1) is 13.8 Å². The van der Waals surface area contributed by atoms with E-state index in [2.05, 4.69) is 5.16 Å². The number of ether oxygens (including phenoxy) is 2. The molecule has 154 valence electrons. The molecule has 0 unspecified atom stereocenters. The van der Waals surface area contributed by atoms with E-state index in [1.807, 2.05) is 18.2 Å². The Hall–Kier alpha value is -2.43. The summed E-state index contributed by atoms with van der Waals surface area (Å²) in [7, 11) is -0.498. The van der Waals surface area contributed by atoms with Gasteiger partial charge in [-0.05, 0) is 32.0 Å². The molecule has 10 heteroatoms. The SMILES string of the molecule is COc1ccc(-c2nc3c(s2)CN(S(=O)(=O)c2c(C)noc2C)CC3)cc1OC. The van der Waals surface area contributed by atoms with Crippen LogP contribution in [0.3, 0.4) is 0 Å². The second-order valence-corrected chi connectivity index (χ2v) is 9.66. The second-order valence-electron chi connectivity index (χ2n) is 6.70. The lowest BCUT2D eigenvalue weighted by Crippen LogP contribution is -2.36. The summed E-state index contributed by atoms with van der Waals surface area (Å²) in [6.07, 6.45) is 0.557. The number of sulfonamides is 1. The highest BCUT2D eigenvalue weighted by molar-refractivity contribution is 7.89. The average molecular weight is 436 g/mol. The predicted molar refractivity (Wildman–Crippen MR) is 108 cm³/mol. The Bertz CT molecular complexity index is 1150. The summed E-state index contributed by atoms with van der Waals surface area (Å²) in [6, 6.07) is 5.63. The maximum Gasteiger partial charge on any atom is 0.248 e. The predicted octanol–water partition coefficient (Wildman–Crippen LogP) is 3.18. The molecule has 2 aromatic heterocycles. The van der Waals surface area contributed by atoms with Crippen LogP contribution in [0.4, 0.5) is 0 Å². The number of hydrogen-bond acceptors (Lipinski definition) is 8. The molecule has 29 heavy (non-hydrogen) atoms. The fourth-order valence-electron chi connectivity index (χ4n) is 3.44. The molecule has 3 aromatic rings. The maximum atomic E-state index is 13.1. The standard InChI is InChI=1S/C19H21N3O5S2/c1-11-18(12(2)27-21-11)29(23,24)22-8-7-14-17(10-22)28-19(20-14)13-5-6-15(25-3)16(9-13)26-4/h5-6,9H,7-8,10H2,1-4H3. The molecule has 0 N–H and O–H groups in total. The molecule has 0 bridgehead atoms. The number of benzene rings is 1. The van der Waals surface area contributed by atoms with Gasteiger partial charge in [-0.25, -0.2) is 13.4 Å². The van der Waals surface area contributed by atoms with Crippen molar-refractivity contribution >= 4 is 21.4 Å². The van der Waals surface area contributed by atoms with Crippen LogP contribution >= 0.6 is 11.3 Å². The molecule has 1 aliphatic heterocycles. The average Bonchev–Trinajstić information content (AvgIpc) is 3.29. The number of fused-ring (bicyclic) bond motifs is 1. The molecule has 3 heterocycles. The van der Waals surface area contributed by atoms with Crippen molar-refractivity contribution in [3.05, 3.63) is 40.2 Å². The highest BCUT2D eigenvalue weighted by Crippen LogP contribution is 2.37. The Balaban J connectivity index is 1.65. The van der Waals surface area contributed by atoms with Crippen LogP contribution in [0.15, 0.2) is 27.6 Å². The van der Waals surface area contributed by atoms with Crippen LogP contribution in [0.2, 0.25) is 0 Å². The Morgan fingerprint density at radius 3 is 2.59 bits per heavy atom. The summed E-state index contributed by atoms with van der Waals surface area (Å²) in [5.74, 6) is 1.58. The zero-order valence-electron chi connectivity index (χ0n) is 16.6. The Morgan fingerprint density at radius 1 is 1.17 bits per heavy atom. The Morgan fingerprint density at radius 2 is 1.93 bits per heavy atom. The lowest BCUT2D eigenvalue weighted by atomic mass is 10.2. The van der Waals surface area contributed by atoms with Gasteiger partial charge in [-0.2, -0.15) is 4.31 Å². The topological polar surface area (TPSA) is 94.8 Å². The van der Waals surface area contributed by atoms with Crippen molar-refractivity contribution in [1.29, 1.82) is 0 Å². The zero-order valence-corrected chi connectivity index (χ0v) is 18.2. The van der Waals surface area contributed by atoms with E-state index in [1.54, 1.807) is 28.1 Å². The van der Waals surface area contributed by atoms with Crippen LogP contribution < -0.4 is 9.47 Å². The summed E-state index contributed by atoms with van der Waals surface area (Å²) in [6.45, 7) is 3.91. The first-order valence-corrected chi connectivity index (χ1v) is 11.2. The van der Waals surface area contributed by atoms with Crippen molar-refractivity contribution in [2.24, 2.45) is 0 Å². The molecule has 0 fully saturated rings. The monoisotopic (exact) mass is 435 g/mol. The fourth-order valence-corrected chi connectivity index (χ4v) is 6.34. The number of hydrogen-bond donors (Lipinski definition) is 0. The Kier molecular flexibility index (Phi) is 5.09. The highest BCUT2D eigenvalue weighted by Gasteiger charge is 2.34. The normalized spacial score (nSPS) is 14.6. The first-order valence-electron chi connectivity index (χ1n) is 8.99. The van der Waals surface area contributed by atoms with Crippen LogP contribution in [-0.4, -0.2) is 43.6 Å². The minimum Gasteiger partial charge on any atom is -0.493 e. The smallest absolute Gasteiger partial charge is 0.248 e. The van der Waals surface area contributed by atoms with Crippen LogP contribution in [0.1, 0.15) is 22.0 Å². The van der Waals surface area contributed by atoms with Gasteiger partial charge in [0.05, 0.1) is 26.5 Å². The van der Waals surface area contributed by atoms with Gasteiger partial charge >= 0.3 is 0 Å². The molecule has 0 amide bonds. The third-order valence-electron chi connectivity index (χ3n) is 4.89. The summed E-state index contributed by atoms with van der Waals surface area (Å²) in [5.41, 5.74) is 2.22. The number of methoxy groups -OCH3 is 2. The molecule has 8 nitrogen and oxygen atoms in total. The molecule has 0 saturated heterocycles. The van der Waals surface area contributed by atoms with Crippen LogP contribution in [-0.2, 0) is 23.0 Å². The van der Waals surface area contributed by atoms with Gasteiger partial charge in [-0.15, -0.1) is 11.3 Å². The fraction of sp³-hybridized carbons (Fsp3) is 0.368. The number of nitrogens with zero attached hydrogens (tertiary/aromatic N) is 3. The minimum absolute atomic E-state index is 0.158. The van der Waals surface area contributed by atoms with E-state index in [4.69, 9.17) is 19.0 Å². The van der Waals surface area contributed by atoms with Crippen LogP contribution in [0.5, 0.6) is 11.5 Å². The van der Waals surface area contributed by atoms with Gasteiger partial charge in [0.2, 0.25) is 10.0 Å². The zero-order chi connectivity index (χ0) is 20.8. The van der Waals surface area contributed by atoms with Gasteiger partial charge in [0.25, 0.3) is 0 Å².